The van der Waals surface area contributed by atoms with E-state index in [1.54, 1.807) is 44.7 Å². The zero-order chi connectivity index (χ0) is 22.0. The molecule has 0 aliphatic heterocycles. The van der Waals surface area contributed by atoms with Gasteiger partial charge in [-0.15, -0.1) is 0 Å². The highest BCUT2D eigenvalue weighted by atomic mass is 16.5. The second kappa shape index (κ2) is 8.47. The van der Waals surface area contributed by atoms with Gasteiger partial charge in [-0.05, 0) is 19.9 Å². The Hall–Kier alpha value is -3.87. The van der Waals surface area contributed by atoms with Crippen LogP contribution in [-0.4, -0.2) is 34.9 Å². The molecule has 0 fully saturated rings. The third kappa shape index (κ3) is 4.07. The maximum absolute atomic E-state index is 13.3. The lowest BCUT2D eigenvalue weighted by Crippen LogP contribution is -2.13. The number of carbonyl (C=O) groups is 1. The first-order valence-corrected chi connectivity index (χ1v) is 9.98. The summed E-state index contributed by atoms with van der Waals surface area (Å²) in [5, 5.41) is 8.12. The lowest BCUT2D eigenvalue weighted by molar-refractivity contribution is 0.102. The average molecular weight is 416 g/mol. The van der Waals surface area contributed by atoms with Crippen LogP contribution in [0.3, 0.4) is 0 Å². The number of pyridine rings is 1. The van der Waals surface area contributed by atoms with Gasteiger partial charge in [0.05, 0.1) is 37.1 Å². The molecule has 0 unspecified atom stereocenters. The summed E-state index contributed by atoms with van der Waals surface area (Å²) in [6, 6.07) is 16.9. The molecule has 4 aromatic rings. The number of benzene rings is 2. The van der Waals surface area contributed by atoms with Gasteiger partial charge in [0.2, 0.25) is 0 Å². The molecule has 0 saturated heterocycles. The second-order valence-corrected chi connectivity index (χ2v) is 7.40. The minimum absolute atomic E-state index is 0.106. The van der Waals surface area contributed by atoms with Crippen LogP contribution in [0.1, 0.15) is 30.2 Å². The van der Waals surface area contributed by atoms with Crippen LogP contribution in [0, 0.1) is 0 Å². The molecule has 4 rings (SSSR count). The van der Waals surface area contributed by atoms with Crippen LogP contribution in [0.5, 0.6) is 11.5 Å². The van der Waals surface area contributed by atoms with Gasteiger partial charge in [-0.3, -0.25) is 4.79 Å². The summed E-state index contributed by atoms with van der Waals surface area (Å²) in [6.45, 7) is 4.07. The molecule has 0 bridgehead atoms. The van der Waals surface area contributed by atoms with Crippen molar-refractivity contribution in [1.29, 1.82) is 0 Å². The Labute approximate surface area is 180 Å². The highest BCUT2D eigenvalue weighted by Gasteiger charge is 2.19. The maximum Gasteiger partial charge on any atom is 0.256 e. The topological polar surface area (TPSA) is 78.3 Å². The van der Waals surface area contributed by atoms with E-state index in [2.05, 4.69) is 10.4 Å². The standard InChI is InChI=1S/C24H24N4O3/c1-15(2)28-23-21(14-25-28)20(13-22(27-23)16-8-6-5-7-9-16)24(29)26-17-10-18(30-3)12-19(11-17)31-4/h5-15H,1-4H3,(H,26,29). The molecule has 0 radical (unpaired) electrons. The van der Waals surface area contributed by atoms with Crippen molar-refractivity contribution in [2.24, 2.45) is 0 Å². The van der Waals surface area contributed by atoms with E-state index < -0.39 is 0 Å². The van der Waals surface area contributed by atoms with Crippen LogP contribution in [0.4, 0.5) is 5.69 Å². The van der Waals surface area contributed by atoms with E-state index in [9.17, 15) is 4.79 Å². The molecular weight excluding hydrogens is 392 g/mol. The normalized spacial score (nSPS) is 11.0. The van der Waals surface area contributed by atoms with Crippen molar-refractivity contribution in [3.05, 3.63) is 66.4 Å². The number of amides is 1. The number of nitrogens with one attached hydrogen (secondary N) is 1. The van der Waals surface area contributed by atoms with Gasteiger partial charge in [0.15, 0.2) is 5.65 Å². The SMILES string of the molecule is COc1cc(NC(=O)c2cc(-c3ccccc3)nc3c2cnn3C(C)C)cc(OC)c1. The fourth-order valence-electron chi connectivity index (χ4n) is 3.42. The number of hydrogen-bond donors (Lipinski definition) is 1. The molecule has 158 valence electrons. The number of ether oxygens (including phenoxy) is 2. The predicted molar refractivity (Wildman–Crippen MR) is 121 cm³/mol. The van der Waals surface area contributed by atoms with Gasteiger partial charge in [0.25, 0.3) is 5.91 Å². The highest BCUT2D eigenvalue weighted by Crippen LogP contribution is 2.29. The molecule has 31 heavy (non-hydrogen) atoms. The molecule has 2 aromatic heterocycles. The average Bonchev–Trinajstić information content (AvgIpc) is 3.23. The molecule has 0 atom stereocenters. The second-order valence-electron chi connectivity index (χ2n) is 7.40. The molecule has 0 spiro atoms. The number of carbonyl (C=O) groups excluding carboxylic acids is 1. The quantitative estimate of drug-likeness (QED) is 0.481. The molecule has 0 aliphatic rings. The molecule has 7 heteroatoms. The summed E-state index contributed by atoms with van der Waals surface area (Å²) in [6.07, 6.45) is 1.69. The Kier molecular flexibility index (Phi) is 5.58. The van der Waals surface area contributed by atoms with E-state index in [1.807, 2.05) is 48.9 Å². The molecule has 2 heterocycles. The molecule has 0 saturated carbocycles. The van der Waals surface area contributed by atoms with Crippen LogP contribution in [-0.2, 0) is 0 Å². The van der Waals surface area contributed by atoms with Crippen LogP contribution >= 0.6 is 0 Å². The summed E-state index contributed by atoms with van der Waals surface area (Å²) in [7, 11) is 3.14. The Morgan fingerprint density at radius 1 is 1.00 bits per heavy atom. The van der Waals surface area contributed by atoms with E-state index >= 15 is 0 Å². The minimum atomic E-state index is -0.261. The third-order valence-corrected chi connectivity index (χ3v) is 4.98. The summed E-state index contributed by atoms with van der Waals surface area (Å²) in [4.78, 5) is 18.1. The van der Waals surface area contributed by atoms with E-state index in [4.69, 9.17) is 14.5 Å². The van der Waals surface area contributed by atoms with E-state index in [0.29, 0.717) is 39.5 Å². The van der Waals surface area contributed by atoms with Crippen LogP contribution < -0.4 is 14.8 Å². The molecule has 0 aliphatic carbocycles. The Balaban J connectivity index is 1.82. The number of hydrogen-bond acceptors (Lipinski definition) is 5. The van der Waals surface area contributed by atoms with Crippen molar-refractivity contribution in [1.82, 2.24) is 14.8 Å². The number of nitrogens with zero attached hydrogens (tertiary/aromatic N) is 3. The fourth-order valence-corrected chi connectivity index (χ4v) is 3.42. The van der Waals surface area contributed by atoms with Gasteiger partial charge in [-0.2, -0.15) is 5.10 Å². The first-order chi connectivity index (χ1) is 15.0. The van der Waals surface area contributed by atoms with Gasteiger partial charge in [-0.1, -0.05) is 30.3 Å². The van der Waals surface area contributed by atoms with Crippen molar-refractivity contribution in [3.63, 3.8) is 0 Å². The lowest BCUT2D eigenvalue weighted by Gasteiger charge is -2.12. The molecular formula is C24H24N4O3. The first-order valence-electron chi connectivity index (χ1n) is 9.98. The number of methoxy groups -OCH3 is 2. The monoisotopic (exact) mass is 416 g/mol. The van der Waals surface area contributed by atoms with Crippen molar-refractivity contribution in [2.75, 3.05) is 19.5 Å². The number of fused-ring (bicyclic) bond motifs is 1. The highest BCUT2D eigenvalue weighted by molar-refractivity contribution is 6.12. The number of anilines is 1. The fraction of sp³-hybridized carbons (Fsp3) is 0.208. The summed E-state index contributed by atoms with van der Waals surface area (Å²) in [5.74, 6) is 0.919. The van der Waals surface area contributed by atoms with E-state index in [-0.39, 0.29) is 11.9 Å². The Bertz CT molecular complexity index is 1210. The Morgan fingerprint density at radius 3 is 2.29 bits per heavy atom. The van der Waals surface area contributed by atoms with Gasteiger partial charge in [-0.25, -0.2) is 9.67 Å². The molecule has 2 aromatic carbocycles. The summed E-state index contributed by atoms with van der Waals surface area (Å²) >= 11 is 0. The van der Waals surface area contributed by atoms with Crippen LogP contribution in [0.15, 0.2) is 60.8 Å². The summed E-state index contributed by atoms with van der Waals surface area (Å²) < 4.78 is 12.4. The minimum Gasteiger partial charge on any atom is -0.497 e. The molecule has 1 N–H and O–H groups in total. The molecule has 1 amide bonds. The Morgan fingerprint density at radius 2 is 1.68 bits per heavy atom. The smallest absolute Gasteiger partial charge is 0.256 e. The van der Waals surface area contributed by atoms with Crippen molar-refractivity contribution in [2.45, 2.75) is 19.9 Å². The van der Waals surface area contributed by atoms with Crippen molar-refractivity contribution in [3.8, 4) is 22.8 Å². The number of rotatable bonds is 6. The van der Waals surface area contributed by atoms with Crippen LogP contribution in [0.2, 0.25) is 0 Å². The number of aromatic nitrogens is 3. The third-order valence-electron chi connectivity index (χ3n) is 4.98. The predicted octanol–water partition coefficient (Wildman–Crippen LogP) is 4.95. The largest absolute Gasteiger partial charge is 0.497 e. The van der Waals surface area contributed by atoms with E-state index in [1.165, 1.54) is 0 Å². The van der Waals surface area contributed by atoms with Crippen molar-refractivity contribution >= 4 is 22.6 Å². The van der Waals surface area contributed by atoms with E-state index in [0.717, 1.165) is 5.56 Å². The van der Waals surface area contributed by atoms with Gasteiger partial charge in [0.1, 0.15) is 11.5 Å². The van der Waals surface area contributed by atoms with Gasteiger partial charge in [0, 0.05) is 35.5 Å². The lowest BCUT2D eigenvalue weighted by atomic mass is 10.1. The zero-order valence-electron chi connectivity index (χ0n) is 17.9. The van der Waals surface area contributed by atoms with Gasteiger partial charge >= 0.3 is 0 Å². The summed E-state index contributed by atoms with van der Waals surface area (Å²) in [5.41, 5.74) is 3.38. The van der Waals surface area contributed by atoms with Crippen molar-refractivity contribution < 1.29 is 14.3 Å². The first kappa shape index (κ1) is 20.4. The maximum atomic E-state index is 13.3. The molecule has 7 nitrogen and oxygen atoms in total. The van der Waals surface area contributed by atoms with Gasteiger partial charge < -0.3 is 14.8 Å². The van der Waals surface area contributed by atoms with Crippen LogP contribution in [0.25, 0.3) is 22.3 Å². The zero-order valence-corrected chi connectivity index (χ0v) is 17.9.